The molecule has 1 saturated heterocycles. The van der Waals surface area contributed by atoms with Crippen molar-refractivity contribution in [3.8, 4) is 0 Å². The number of nitrogens with zero attached hydrogens (tertiary/aromatic N) is 1. The van der Waals surface area contributed by atoms with Gasteiger partial charge >= 0.3 is 0 Å². The fraction of sp³-hybridized carbons (Fsp3) is 0.562. The van der Waals surface area contributed by atoms with E-state index in [1.54, 1.807) is 11.8 Å². The molecule has 0 aromatic heterocycles. The largest absolute Gasteiger partial charge is 0.396 e. The minimum absolute atomic E-state index is 0.0964. The van der Waals surface area contributed by atoms with Crippen molar-refractivity contribution in [1.29, 1.82) is 0 Å². The van der Waals surface area contributed by atoms with E-state index < -0.39 is 0 Å². The first-order valence-electron chi connectivity index (χ1n) is 7.45. The molecule has 0 bridgehead atoms. The van der Waals surface area contributed by atoms with Gasteiger partial charge in [-0.2, -0.15) is 0 Å². The number of carbonyl (C=O) groups excluding carboxylic acids is 1. The van der Waals surface area contributed by atoms with Gasteiger partial charge in [0, 0.05) is 29.1 Å². The normalized spacial score (nSPS) is 19.8. The van der Waals surface area contributed by atoms with Crippen LogP contribution in [-0.4, -0.2) is 40.4 Å². The summed E-state index contributed by atoms with van der Waals surface area (Å²) in [5.74, 6) is 0.204. The maximum atomic E-state index is 12.6. The lowest BCUT2D eigenvalue weighted by atomic mass is 10.1. The summed E-state index contributed by atoms with van der Waals surface area (Å²) in [6.07, 6.45) is 3.80. The van der Waals surface area contributed by atoms with Gasteiger partial charge in [0.1, 0.15) is 0 Å². The van der Waals surface area contributed by atoms with Gasteiger partial charge in [0.05, 0.1) is 5.25 Å². The van der Waals surface area contributed by atoms with Crippen molar-refractivity contribution >= 4 is 29.3 Å². The van der Waals surface area contributed by atoms with Gasteiger partial charge in [0.25, 0.3) is 0 Å². The van der Waals surface area contributed by atoms with Gasteiger partial charge in [-0.1, -0.05) is 11.6 Å². The van der Waals surface area contributed by atoms with Gasteiger partial charge in [-0.3, -0.25) is 4.79 Å². The van der Waals surface area contributed by atoms with Crippen LogP contribution in [-0.2, 0) is 4.79 Å². The van der Waals surface area contributed by atoms with Crippen LogP contribution >= 0.6 is 23.4 Å². The summed E-state index contributed by atoms with van der Waals surface area (Å²) in [6, 6.07) is 7.90. The Bertz CT molecular complexity index is 466. The smallest absolute Gasteiger partial charge is 0.236 e. The molecular formula is C16H22ClNO2S. The second-order valence-corrected chi connectivity index (χ2v) is 7.26. The van der Waals surface area contributed by atoms with Crippen molar-refractivity contribution in [2.75, 3.05) is 13.2 Å². The Balaban J connectivity index is 1.93. The molecule has 0 saturated carbocycles. The fourth-order valence-corrected chi connectivity index (χ4v) is 3.82. The molecule has 0 spiro atoms. The number of thioether (sulfide) groups is 1. The minimum Gasteiger partial charge on any atom is -0.396 e. The number of hydrogen-bond donors (Lipinski definition) is 1. The molecule has 2 atom stereocenters. The highest BCUT2D eigenvalue weighted by molar-refractivity contribution is 8.00. The summed E-state index contributed by atoms with van der Waals surface area (Å²) < 4.78 is 0. The van der Waals surface area contributed by atoms with Gasteiger partial charge in [-0.15, -0.1) is 11.8 Å². The quantitative estimate of drug-likeness (QED) is 0.812. The molecule has 1 aliphatic rings. The lowest BCUT2D eigenvalue weighted by Gasteiger charge is -2.27. The monoisotopic (exact) mass is 327 g/mol. The molecule has 0 radical (unpaired) electrons. The minimum atomic E-state index is -0.0964. The number of carbonyl (C=O) groups is 1. The molecule has 2 unspecified atom stereocenters. The first-order chi connectivity index (χ1) is 10.1. The van der Waals surface area contributed by atoms with Crippen molar-refractivity contribution in [3.63, 3.8) is 0 Å². The standard InChI is InChI=1S/C16H22ClNO2S/c1-12(21-15-8-6-13(17)7-9-15)16(20)18-10-2-4-14(18)5-3-11-19/h6-9,12,14,19H,2-5,10-11H2,1H3. The first kappa shape index (κ1) is 16.7. The number of benzene rings is 1. The topological polar surface area (TPSA) is 40.5 Å². The molecule has 2 rings (SSSR count). The van der Waals surface area contributed by atoms with E-state index in [4.69, 9.17) is 16.7 Å². The van der Waals surface area contributed by atoms with Crippen molar-refractivity contribution in [2.24, 2.45) is 0 Å². The fourth-order valence-electron chi connectivity index (χ4n) is 2.75. The highest BCUT2D eigenvalue weighted by atomic mass is 35.5. The zero-order chi connectivity index (χ0) is 15.2. The van der Waals surface area contributed by atoms with Crippen molar-refractivity contribution in [3.05, 3.63) is 29.3 Å². The summed E-state index contributed by atoms with van der Waals surface area (Å²) in [7, 11) is 0. The molecule has 21 heavy (non-hydrogen) atoms. The summed E-state index contributed by atoms with van der Waals surface area (Å²) in [4.78, 5) is 15.7. The van der Waals surface area contributed by atoms with Gasteiger partial charge in [-0.25, -0.2) is 0 Å². The number of aliphatic hydroxyl groups excluding tert-OH is 1. The van der Waals surface area contributed by atoms with E-state index in [1.807, 2.05) is 36.1 Å². The van der Waals surface area contributed by atoms with Gasteiger partial charge in [-0.05, 0) is 56.9 Å². The van der Waals surface area contributed by atoms with E-state index >= 15 is 0 Å². The molecule has 1 heterocycles. The Hall–Kier alpha value is -0.710. The van der Waals surface area contributed by atoms with Crippen LogP contribution in [0.4, 0.5) is 0 Å². The van der Waals surface area contributed by atoms with Crippen LogP contribution in [0.1, 0.15) is 32.6 Å². The van der Waals surface area contributed by atoms with Crippen LogP contribution in [0, 0.1) is 0 Å². The zero-order valence-electron chi connectivity index (χ0n) is 12.3. The Labute approximate surface area is 135 Å². The zero-order valence-corrected chi connectivity index (χ0v) is 13.9. The molecule has 1 fully saturated rings. The van der Waals surface area contributed by atoms with E-state index in [1.165, 1.54) is 0 Å². The van der Waals surface area contributed by atoms with Crippen molar-refractivity contribution in [1.82, 2.24) is 4.90 Å². The predicted octanol–water partition coefficient (Wildman–Crippen LogP) is 3.58. The SMILES string of the molecule is CC(Sc1ccc(Cl)cc1)C(=O)N1CCCC1CCCO. The lowest BCUT2D eigenvalue weighted by molar-refractivity contribution is -0.131. The third-order valence-electron chi connectivity index (χ3n) is 3.83. The number of rotatable bonds is 6. The summed E-state index contributed by atoms with van der Waals surface area (Å²) >= 11 is 7.45. The summed E-state index contributed by atoms with van der Waals surface area (Å²) in [5.41, 5.74) is 0. The Kier molecular flexibility index (Phi) is 6.40. The number of aliphatic hydroxyl groups is 1. The van der Waals surface area contributed by atoms with E-state index in [9.17, 15) is 4.79 Å². The van der Waals surface area contributed by atoms with Crippen LogP contribution in [0.15, 0.2) is 29.2 Å². The average Bonchev–Trinajstić information content (AvgIpc) is 2.95. The van der Waals surface area contributed by atoms with Crippen LogP contribution in [0.2, 0.25) is 5.02 Å². The molecule has 1 aromatic rings. The highest BCUT2D eigenvalue weighted by Gasteiger charge is 2.31. The predicted molar refractivity (Wildman–Crippen MR) is 87.8 cm³/mol. The van der Waals surface area contributed by atoms with Crippen LogP contribution in [0.3, 0.4) is 0 Å². The summed E-state index contributed by atoms with van der Waals surface area (Å²) in [6.45, 7) is 3.01. The molecular weight excluding hydrogens is 306 g/mol. The maximum absolute atomic E-state index is 12.6. The lowest BCUT2D eigenvalue weighted by Crippen LogP contribution is -2.40. The van der Waals surface area contributed by atoms with Crippen molar-refractivity contribution in [2.45, 2.75) is 48.8 Å². The average molecular weight is 328 g/mol. The van der Waals surface area contributed by atoms with Crippen LogP contribution < -0.4 is 0 Å². The third-order valence-corrected chi connectivity index (χ3v) is 5.18. The number of halogens is 1. The highest BCUT2D eigenvalue weighted by Crippen LogP contribution is 2.29. The second kappa shape index (κ2) is 8.06. The molecule has 116 valence electrons. The van der Waals surface area contributed by atoms with Crippen LogP contribution in [0.25, 0.3) is 0 Å². The molecule has 0 aliphatic carbocycles. The Morgan fingerprint density at radius 2 is 2.19 bits per heavy atom. The van der Waals surface area contributed by atoms with Crippen LogP contribution in [0.5, 0.6) is 0 Å². The van der Waals surface area contributed by atoms with Gasteiger partial charge < -0.3 is 10.0 Å². The number of hydrogen-bond acceptors (Lipinski definition) is 3. The Morgan fingerprint density at radius 3 is 2.86 bits per heavy atom. The van der Waals surface area contributed by atoms with E-state index in [0.717, 1.165) is 37.1 Å². The maximum Gasteiger partial charge on any atom is 0.236 e. The Morgan fingerprint density at radius 1 is 1.48 bits per heavy atom. The number of amides is 1. The third kappa shape index (κ3) is 4.63. The van der Waals surface area contributed by atoms with Gasteiger partial charge in [0.2, 0.25) is 5.91 Å². The second-order valence-electron chi connectivity index (χ2n) is 5.41. The molecule has 1 aromatic carbocycles. The molecule has 3 nitrogen and oxygen atoms in total. The van der Waals surface area contributed by atoms with E-state index in [2.05, 4.69) is 0 Å². The van der Waals surface area contributed by atoms with E-state index in [0.29, 0.717) is 11.1 Å². The van der Waals surface area contributed by atoms with Gasteiger partial charge in [0.15, 0.2) is 0 Å². The molecule has 1 amide bonds. The number of likely N-dealkylation sites (tertiary alicyclic amines) is 1. The summed E-state index contributed by atoms with van der Waals surface area (Å²) in [5, 5.41) is 9.57. The molecule has 1 aliphatic heterocycles. The molecule has 1 N–H and O–H groups in total. The first-order valence-corrected chi connectivity index (χ1v) is 8.71. The molecule has 5 heteroatoms. The van der Waals surface area contributed by atoms with Crippen molar-refractivity contribution < 1.29 is 9.90 Å². The van der Waals surface area contributed by atoms with E-state index in [-0.39, 0.29) is 17.8 Å².